The zero-order valence-electron chi connectivity index (χ0n) is 14.7. The molecule has 0 aromatic carbocycles. The van der Waals surface area contributed by atoms with Gasteiger partial charge >= 0.3 is 8.56 Å². The molecule has 2 rings (SSSR count). The molecule has 0 radical (unpaired) electrons. The standard InChI is InChI=1S/C18H36O2Si/c1-5-8-9-15(4)14-21(19-6-2,20-7-3)18-13-16-10-11-17(18)12-16/h15-18H,5-14H2,1-4H3. The third-order valence-corrected chi connectivity index (χ3v) is 10.4. The third-order valence-electron chi connectivity index (χ3n) is 5.76. The van der Waals surface area contributed by atoms with E-state index in [1.165, 1.54) is 51.0 Å². The summed E-state index contributed by atoms with van der Waals surface area (Å²) in [4.78, 5) is 0. The molecule has 0 spiro atoms. The van der Waals surface area contributed by atoms with E-state index in [4.69, 9.17) is 8.85 Å². The summed E-state index contributed by atoms with van der Waals surface area (Å²) in [7, 11) is -2.03. The van der Waals surface area contributed by atoms with Crippen LogP contribution in [0.4, 0.5) is 0 Å². The number of unbranched alkanes of at least 4 members (excludes halogenated alkanes) is 1. The van der Waals surface area contributed by atoms with Crippen LogP contribution in [-0.4, -0.2) is 21.8 Å². The Morgan fingerprint density at radius 2 is 1.76 bits per heavy atom. The molecule has 0 saturated heterocycles. The number of fused-ring (bicyclic) bond motifs is 2. The predicted molar refractivity (Wildman–Crippen MR) is 91.7 cm³/mol. The van der Waals surface area contributed by atoms with Crippen LogP contribution in [0, 0.1) is 17.8 Å². The first-order valence-corrected chi connectivity index (χ1v) is 11.5. The first-order chi connectivity index (χ1) is 10.1. The van der Waals surface area contributed by atoms with Crippen molar-refractivity contribution < 1.29 is 8.85 Å². The zero-order valence-corrected chi connectivity index (χ0v) is 15.7. The van der Waals surface area contributed by atoms with Gasteiger partial charge < -0.3 is 8.85 Å². The highest BCUT2D eigenvalue weighted by atomic mass is 28.4. The second-order valence-corrected chi connectivity index (χ2v) is 10.8. The van der Waals surface area contributed by atoms with E-state index in [1.807, 2.05) is 0 Å². The van der Waals surface area contributed by atoms with E-state index in [9.17, 15) is 0 Å². The van der Waals surface area contributed by atoms with Gasteiger partial charge in [0.25, 0.3) is 0 Å². The van der Waals surface area contributed by atoms with Gasteiger partial charge in [-0.1, -0.05) is 46.0 Å². The monoisotopic (exact) mass is 312 g/mol. The predicted octanol–water partition coefficient (Wildman–Crippen LogP) is 5.52. The minimum absolute atomic E-state index is 0.758. The maximum absolute atomic E-state index is 6.47. The molecule has 21 heavy (non-hydrogen) atoms. The van der Waals surface area contributed by atoms with Crippen molar-refractivity contribution in [2.24, 2.45) is 17.8 Å². The van der Waals surface area contributed by atoms with E-state index >= 15 is 0 Å². The Morgan fingerprint density at radius 1 is 1.05 bits per heavy atom. The van der Waals surface area contributed by atoms with Gasteiger partial charge in [0.1, 0.15) is 0 Å². The highest BCUT2D eigenvalue weighted by Crippen LogP contribution is 2.57. The molecule has 0 heterocycles. The summed E-state index contributed by atoms with van der Waals surface area (Å²) in [5, 5.41) is 0. The number of hydrogen-bond acceptors (Lipinski definition) is 2. The Balaban J connectivity index is 2.08. The van der Waals surface area contributed by atoms with Gasteiger partial charge in [-0.25, -0.2) is 0 Å². The summed E-state index contributed by atoms with van der Waals surface area (Å²) in [6, 6.07) is 1.22. The van der Waals surface area contributed by atoms with Crippen molar-refractivity contribution in [1.29, 1.82) is 0 Å². The minimum Gasteiger partial charge on any atom is -0.394 e. The van der Waals surface area contributed by atoms with Crippen molar-refractivity contribution in [3.63, 3.8) is 0 Å². The summed E-state index contributed by atoms with van der Waals surface area (Å²) < 4.78 is 12.9. The zero-order chi connectivity index (χ0) is 15.3. The van der Waals surface area contributed by atoms with Crippen molar-refractivity contribution >= 4 is 8.56 Å². The first-order valence-electron chi connectivity index (χ1n) is 9.43. The van der Waals surface area contributed by atoms with E-state index in [0.717, 1.165) is 36.5 Å². The molecule has 4 unspecified atom stereocenters. The SMILES string of the molecule is CCCCC(C)C[Si](OCC)(OCC)C1CC2CCC1C2. The molecule has 2 aliphatic rings. The average Bonchev–Trinajstić information content (AvgIpc) is 3.08. The van der Waals surface area contributed by atoms with Crippen LogP contribution in [0.5, 0.6) is 0 Å². The lowest BCUT2D eigenvalue weighted by Gasteiger charge is -2.40. The number of rotatable bonds is 10. The Kier molecular flexibility index (Phi) is 6.76. The van der Waals surface area contributed by atoms with Crippen LogP contribution in [0.3, 0.4) is 0 Å². The molecule has 0 N–H and O–H groups in total. The van der Waals surface area contributed by atoms with Crippen LogP contribution < -0.4 is 0 Å². The molecular formula is C18H36O2Si. The molecule has 2 saturated carbocycles. The van der Waals surface area contributed by atoms with Gasteiger partial charge in [0.15, 0.2) is 0 Å². The molecule has 0 aliphatic heterocycles. The summed E-state index contributed by atoms with van der Waals surface area (Å²) >= 11 is 0. The second kappa shape index (κ2) is 8.12. The Hall–Kier alpha value is 0.137. The molecule has 2 aliphatic carbocycles. The topological polar surface area (TPSA) is 18.5 Å². The van der Waals surface area contributed by atoms with Crippen molar-refractivity contribution in [2.45, 2.75) is 84.2 Å². The molecule has 0 aromatic heterocycles. The third kappa shape index (κ3) is 4.11. The maximum atomic E-state index is 6.47. The minimum atomic E-state index is -2.03. The van der Waals surface area contributed by atoms with Gasteiger partial charge in [-0.3, -0.25) is 0 Å². The normalized spacial score (nSPS) is 30.0. The van der Waals surface area contributed by atoms with Gasteiger partial charge in [-0.05, 0) is 50.5 Å². The molecule has 0 amide bonds. The lowest BCUT2D eigenvalue weighted by atomic mass is 10.0. The van der Waals surface area contributed by atoms with Crippen LogP contribution in [-0.2, 0) is 8.85 Å². The molecule has 2 fully saturated rings. The molecule has 2 nitrogen and oxygen atoms in total. The van der Waals surface area contributed by atoms with Crippen molar-refractivity contribution in [2.75, 3.05) is 13.2 Å². The highest BCUT2D eigenvalue weighted by molar-refractivity contribution is 6.69. The molecule has 3 heteroatoms. The van der Waals surface area contributed by atoms with E-state index in [-0.39, 0.29) is 0 Å². The van der Waals surface area contributed by atoms with Crippen LogP contribution >= 0.6 is 0 Å². The smallest absolute Gasteiger partial charge is 0.341 e. The molecule has 4 atom stereocenters. The molecular weight excluding hydrogens is 276 g/mol. The van der Waals surface area contributed by atoms with E-state index in [2.05, 4.69) is 27.7 Å². The van der Waals surface area contributed by atoms with Crippen LogP contribution in [0.2, 0.25) is 11.6 Å². The summed E-state index contributed by atoms with van der Waals surface area (Å²) in [6.45, 7) is 10.7. The number of hydrogen-bond donors (Lipinski definition) is 0. The fraction of sp³-hybridized carbons (Fsp3) is 1.00. The van der Waals surface area contributed by atoms with Crippen LogP contribution in [0.1, 0.15) is 72.6 Å². The van der Waals surface area contributed by atoms with Gasteiger partial charge in [0, 0.05) is 18.8 Å². The van der Waals surface area contributed by atoms with E-state index < -0.39 is 8.56 Å². The summed E-state index contributed by atoms with van der Waals surface area (Å²) in [6.07, 6.45) is 9.76. The van der Waals surface area contributed by atoms with Gasteiger partial charge in [0.05, 0.1) is 0 Å². The van der Waals surface area contributed by atoms with Gasteiger partial charge in [-0.2, -0.15) is 0 Å². The lowest BCUT2D eigenvalue weighted by Crippen LogP contribution is -2.50. The van der Waals surface area contributed by atoms with E-state index in [0.29, 0.717) is 0 Å². The van der Waals surface area contributed by atoms with Crippen molar-refractivity contribution in [3.05, 3.63) is 0 Å². The largest absolute Gasteiger partial charge is 0.394 e. The van der Waals surface area contributed by atoms with Crippen LogP contribution in [0.15, 0.2) is 0 Å². The molecule has 0 aromatic rings. The Labute approximate surface area is 133 Å². The first kappa shape index (κ1) is 17.5. The fourth-order valence-electron chi connectivity index (χ4n) is 4.94. The van der Waals surface area contributed by atoms with Gasteiger partial charge in [0.2, 0.25) is 0 Å². The lowest BCUT2D eigenvalue weighted by molar-refractivity contribution is 0.156. The van der Waals surface area contributed by atoms with Crippen LogP contribution in [0.25, 0.3) is 0 Å². The Bertz CT molecular complexity index is 302. The summed E-state index contributed by atoms with van der Waals surface area (Å²) in [5.74, 6) is 2.66. The van der Waals surface area contributed by atoms with Crippen molar-refractivity contribution in [3.8, 4) is 0 Å². The van der Waals surface area contributed by atoms with Crippen molar-refractivity contribution in [1.82, 2.24) is 0 Å². The maximum Gasteiger partial charge on any atom is 0.341 e. The summed E-state index contributed by atoms with van der Waals surface area (Å²) in [5.41, 5.74) is 0.778. The fourth-order valence-corrected chi connectivity index (χ4v) is 9.85. The molecule has 2 bridgehead atoms. The average molecular weight is 313 g/mol. The quantitative estimate of drug-likeness (QED) is 0.495. The van der Waals surface area contributed by atoms with Gasteiger partial charge in [-0.15, -0.1) is 0 Å². The Morgan fingerprint density at radius 3 is 2.24 bits per heavy atom. The molecule has 124 valence electrons. The van der Waals surface area contributed by atoms with E-state index in [1.54, 1.807) is 0 Å². The highest BCUT2D eigenvalue weighted by Gasteiger charge is 2.55. The second-order valence-electron chi connectivity index (χ2n) is 7.41.